The topological polar surface area (TPSA) is 28.2 Å². The third-order valence-corrected chi connectivity index (χ3v) is 3.27. The molecule has 19 heavy (non-hydrogen) atoms. The molecule has 100 valence electrons. The van der Waals surface area contributed by atoms with Crippen molar-refractivity contribution in [2.45, 2.75) is 19.5 Å². The lowest BCUT2D eigenvalue weighted by molar-refractivity contribution is 0.574. The average molecular weight is 255 g/mol. The lowest BCUT2D eigenvalue weighted by Gasteiger charge is -2.17. The minimum atomic E-state index is 0.337. The Kier molecular flexibility index (Phi) is 4.53. The van der Waals surface area contributed by atoms with Crippen molar-refractivity contribution in [3.8, 4) is 0 Å². The maximum Gasteiger partial charge on any atom is 0.0361 e. The van der Waals surface area contributed by atoms with E-state index >= 15 is 0 Å². The number of nitrogens with one attached hydrogen (secondary N) is 1. The molecular formula is C16H21N3. The second-order valence-electron chi connectivity index (χ2n) is 4.94. The van der Waals surface area contributed by atoms with Gasteiger partial charge in [-0.15, -0.1) is 0 Å². The first-order valence-electron chi connectivity index (χ1n) is 6.56. The van der Waals surface area contributed by atoms with E-state index in [4.69, 9.17) is 0 Å². The highest BCUT2D eigenvalue weighted by Crippen LogP contribution is 2.17. The molecule has 0 saturated heterocycles. The Morgan fingerprint density at radius 2 is 1.68 bits per heavy atom. The Labute approximate surface area is 115 Å². The molecule has 3 nitrogen and oxygen atoms in total. The highest BCUT2D eigenvalue weighted by atomic mass is 15.1. The lowest BCUT2D eigenvalue weighted by atomic mass is 10.1. The first-order valence-corrected chi connectivity index (χ1v) is 6.56. The zero-order chi connectivity index (χ0) is 13.7. The van der Waals surface area contributed by atoms with Crippen LogP contribution in [0.4, 0.5) is 5.69 Å². The minimum absolute atomic E-state index is 0.337. The van der Waals surface area contributed by atoms with Gasteiger partial charge in [-0.05, 0) is 42.3 Å². The summed E-state index contributed by atoms with van der Waals surface area (Å²) in [7, 11) is 4.11. The summed E-state index contributed by atoms with van der Waals surface area (Å²) in [5, 5.41) is 3.52. The molecule has 1 unspecified atom stereocenters. The number of rotatable bonds is 5. The highest BCUT2D eigenvalue weighted by Gasteiger charge is 2.05. The molecule has 1 atom stereocenters. The second kappa shape index (κ2) is 6.34. The van der Waals surface area contributed by atoms with Crippen LogP contribution in [0.15, 0.2) is 48.8 Å². The molecule has 1 heterocycles. The van der Waals surface area contributed by atoms with Gasteiger partial charge in [-0.1, -0.05) is 12.1 Å². The van der Waals surface area contributed by atoms with E-state index in [0.29, 0.717) is 6.04 Å². The van der Waals surface area contributed by atoms with Crippen LogP contribution >= 0.6 is 0 Å². The van der Waals surface area contributed by atoms with E-state index in [9.17, 15) is 0 Å². The summed E-state index contributed by atoms with van der Waals surface area (Å²) >= 11 is 0. The van der Waals surface area contributed by atoms with Gasteiger partial charge in [-0.3, -0.25) is 4.98 Å². The number of pyridine rings is 1. The Hall–Kier alpha value is -1.87. The maximum absolute atomic E-state index is 4.02. The van der Waals surface area contributed by atoms with Crippen LogP contribution in [0, 0.1) is 0 Å². The van der Waals surface area contributed by atoms with Crippen LogP contribution in [0.2, 0.25) is 0 Å². The van der Waals surface area contributed by atoms with Gasteiger partial charge in [0.1, 0.15) is 0 Å². The van der Waals surface area contributed by atoms with E-state index in [-0.39, 0.29) is 0 Å². The van der Waals surface area contributed by atoms with Crippen molar-refractivity contribution in [3.05, 3.63) is 59.9 Å². The van der Waals surface area contributed by atoms with E-state index in [1.807, 2.05) is 24.5 Å². The fourth-order valence-corrected chi connectivity index (χ4v) is 1.95. The molecule has 2 rings (SSSR count). The van der Waals surface area contributed by atoms with E-state index < -0.39 is 0 Å². The third kappa shape index (κ3) is 3.80. The molecule has 0 saturated carbocycles. The van der Waals surface area contributed by atoms with Crippen LogP contribution < -0.4 is 10.2 Å². The molecule has 1 N–H and O–H groups in total. The van der Waals surface area contributed by atoms with E-state index in [0.717, 1.165) is 6.54 Å². The monoisotopic (exact) mass is 255 g/mol. The summed E-state index contributed by atoms with van der Waals surface area (Å²) in [6, 6.07) is 13.1. The Morgan fingerprint density at radius 1 is 1.05 bits per heavy atom. The number of anilines is 1. The Balaban J connectivity index is 1.94. The molecule has 0 spiro atoms. The molecule has 0 radical (unpaired) electrons. The van der Waals surface area contributed by atoms with Crippen LogP contribution in [-0.2, 0) is 6.54 Å². The van der Waals surface area contributed by atoms with E-state index in [2.05, 4.69) is 60.5 Å². The first kappa shape index (κ1) is 13.6. The van der Waals surface area contributed by atoms with Crippen LogP contribution in [0.1, 0.15) is 24.1 Å². The van der Waals surface area contributed by atoms with Gasteiger partial charge >= 0.3 is 0 Å². The summed E-state index contributed by atoms with van der Waals surface area (Å²) in [6.07, 6.45) is 3.65. The van der Waals surface area contributed by atoms with Gasteiger partial charge in [0.05, 0.1) is 0 Å². The molecule has 0 fully saturated rings. The molecule has 2 aromatic rings. The maximum atomic E-state index is 4.02. The van der Waals surface area contributed by atoms with Gasteiger partial charge in [0.15, 0.2) is 0 Å². The number of aromatic nitrogens is 1. The summed E-state index contributed by atoms with van der Waals surface area (Å²) in [5.41, 5.74) is 3.79. The fraction of sp³-hybridized carbons (Fsp3) is 0.312. The van der Waals surface area contributed by atoms with Gasteiger partial charge in [0.25, 0.3) is 0 Å². The summed E-state index contributed by atoms with van der Waals surface area (Å²) in [4.78, 5) is 6.13. The van der Waals surface area contributed by atoms with Crippen molar-refractivity contribution in [3.63, 3.8) is 0 Å². The predicted molar refractivity (Wildman–Crippen MR) is 80.3 cm³/mol. The quantitative estimate of drug-likeness (QED) is 0.890. The largest absolute Gasteiger partial charge is 0.378 e. The number of nitrogens with zero attached hydrogens (tertiary/aromatic N) is 2. The Bertz CT molecular complexity index is 491. The van der Waals surface area contributed by atoms with Crippen LogP contribution in [0.3, 0.4) is 0 Å². The molecule has 3 heteroatoms. The normalized spacial score (nSPS) is 12.2. The van der Waals surface area contributed by atoms with Crippen molar-refractivity contribution in [2.24, 2.45) is 0 Å². The zero-order valence-corrected chi connectivity index (χ0v) is 11.8. The first-order chi connectivity index (χ1) is 9.16. The molecule has 0 aliphatic carbocycles. The molecule has 1 aromatic heterocycles. The van der Waals surface area contributed by atoms with Crippen LogP contribution in [0.5, 0.6) is 0 Å². The van der Waals surface area contributed by atoms with Gasteiger partial charge in [0.2, 0.25) is 0 Å². The molecule has 0 aliphatic rings. The van der Waals surface area contributed by atoms with Crippen molar-refractivity contribution >= 4 is 5.69 Å². The standard InChI is InChI=1S/C16H21N3/c1-13(18-12-14-8-10-17-11-9-14)15-4-6-16(7-5-15)19(2)3/h4-11,13,18H,12H2,1-3H3. The average Bonchev–Trinajstić information content (AvgIpc) is 2.46. The van der Waals surface area contributed by atoms with Gasteiger partial charge in [0, 0.05) is 44.8 Å². The number of benzene rings is 1. The number of hydrogen-bond acceptors (Lipinski definition) is 3. The molecular weight excluding hydrogens is 234 g/mol. The number of hydrogen-bond donors (Lipinski definition) is 1. The van der Waals surface area contributed by atoms with Crippen molar-refractivity contribution in [1.82, 2.24) is 10.3 Å². The Morgan fingerprint density at radius 3 is 2.26 bits per heavy atom. The van der Waals surface area contributed by atoms with E-state index in [1.165, 1.54) is 16.8 Å². The van der Waals surface area contributed by atoms with Crippen LogP contribution in [0.25, 0.3) is 0 Å². The van der Waals surface area contributed by atoms with Crippen molar-refractivity contribution in [1.29, 1.82) is 0 Å². The second-order valence-corrected chi connectivity index (χ2v) is 4.94. The van der Waals surface area contributed by atoms with Crippen molar-refractivity contribution in [2.75, 3.05) is 19.0 Å². The zero-order valence-electron chi connectivity index (χ0n) is 11.8. The SMILES string of the molecule is CC(NCc1ccncc1)c1ccc(N(C)C)cc1. The van der Waals surface area contributed by atoms with Gasteiger partial charge in [-0.2, -0.15) is 0 Å². The van der Waals surface area contributed by atoms with Crippen LogP contribution in [-0.4, -0.2) is 19.1 Å². The smallest absolute Gasteiger partial charge is 0.0361 e. The van der Waals surface area contributed by atoms with Gasteiger partial charge < -0.3 is 10.2 Å². The summed E-state index contributed by atoms with van der Waals surface area (Å²) in [5.74, 6) is 0. The lowest BCUT2D eigenvalue weighted by Crippen LogP contribution is -2.18. The molecule has 0 aliphatic heterocycles. The fourth-order valence-electron chi connectivity index (χ4n) is 1.95. The highest BCUT2D eigenvalue weighted by molar-refractivity contribution is 5.46. The molecule has 0 bridgehead atoms. The predicted octanol–water partition coefficient (Wildman–Crippen LogP) is 3.00. The third-order valence-electron chi connectivity index (χ3n) is 3.27. The summed E-state index contributed by atoms with van der Waals surface area (Å²) in [6.45, 7) is 3.05. The van der Waals surface area contributed by atoms with Crippen molar-refractivity contribution < 1.29 is 0 Å². The molecule has 1 aromatic carbocycles. The molecule has 0 amide bonds. The van der Waals surface area contributed by atoms with Gasteiger partial charge in [-0.25, -0.2) is 0 Å². The summed E-state index contributed by atoms with van der Waals surface area (Å²) < 4.78 is 0. The van der Waals surface area contributed by atoms with E-state index in [1.54, 1.807) is 0 Å². The minimum Gasteiger partial charge on any atom is -0.378 e.